The summed E-state index contributed by atoms with van der Waals surface area (Å²) < 4.78 is 0. The maximum atomic E-state index is 11.6. The van der Waals surface area contributed by atoms with Gasteiger partial charge in [-0.05, 0) is 17.0 Å². The van der Waals surface area contributed by atoms with Crippen molar-refractivity contribution < 1.29 is 4.79 Å². The van der Waals surface area contributed by atoms with Crippen molar-refractivity contribution in [2.45, 2.75) is 26.2 Å². The van der Waals surface area contributed by atoms with Crippen molar-refractivity contribution in [2.24, 2.45) is 0 Å². The minimum atomic E-state index is -0.102. The Kier molecular flexibility index (Phi) is 2.14. The highest BCUT2D eigenvalue weighted by Gasteiger charge is 2.25. The van der Waals surface area contributed by atoms with Gasteiger partial charge in [-0.1, -0.05) is 20.8 Å². The van der Waals surface area contributed by atoms with E-state index in [1.165, 1.54) is 0 Å². The van der Waals surface area contributed by atoms with Crippen LogP contribution in [0.25, 0.3) is 0 Å². The van der Waals surface area contributed by atoms with Crippen LogP contribution in [-0.4, -0.2) is 17.6 Å². The van der Waals surface area contributed by atoms with Crippen molar-refractivity contribution in [3.8, 4) is 0 Å². The maximum Gasteiger partial charge on any atom is 0.273 e. The van der Waals surface area contributed by atoms with Gasteiger partial charge in [0.15, 0.2) is 5.69 Å². The zero-order chi connectivity index (χ0) is 11.1. The molecule has 1 aliphatic heterocycles. The number of hydrogen-bond donors (Lipinski definition) is 2. The van der Waals surface area contributed by atoms with Crippen LogP contribution < -0.4 is 10.6 Å². The summed E-state index contributed by atoms with van der Waals surface area (Å²) in [5.74, 6) is -0.102. The van der Waals surface area contributed by atoms with E-state index >= 15 is 0 Å². The number of fused-ring (bicyclic) bond motifs is 1. The van der Waals surface area contributed by atoms with Gasteiger partial charge >= 0.3 is 0 Å². The fourth-order valence-electron chi connectivity index (χ4n) is 1.73. The van der Waals surface area contributed by atoms with Crippen LogP contribution in [-0.2, 0) is 5.41 Å². The monoisotopic (exact) mass is 205 g/mol. The number of nitrogens with one attached hydrogen (secondary N) is 2. The van der Waals surface area contributed by atoms with Gasteiger partial charge < -0.3 is 10.6 Å². The molecular weight excluding hydrogens is 190 g/mol. The van der Waals surface area contributed by atoms with E-state index in [1.54, 1.807) is 6.20 Å². The smallest absolute Gasteiger partial charge is 0.273 e. The Balaban J connectivity index is 2.59. The minimum absolute atomic E-state index is 0.0116. The zero-order valence-corrected chi connectivity index (χ0v) is 9.22. The van der Waals surface area contributed by atoms with Crippen LogP contribution in [0.2, 0.25) is 0 Å². The van der Waals surface area contributed by atoms with Gasteiger partial charge in [-0.2, -0.15) is 0 Å². The maximum absolute atomic E-state index is 11.6. The Hall–Kier alpha value is -1.58. The van der Waals surface area contributed by atoms with Crippen LogP contribution in [0.4, 0.5) is 5.69 Å². The molecule has 1 aliphatic rings. The van der Waals surface area contributed by atoms with Crippen LogP contribution >= 0.6 is 0 Å². The average molecular weight is 205 g/mol. The summed E-state index contributed by atoms with van der Waals surface area (Å²) >= 11 is 0. The molecule has 4 heteroatoms. The number of carbonyl (C=O) groups is 1. The molecule has 0 unspecified atom stereocenters. The fourth-order valence-corrected chi connectivity index (χ4v) is 1.73. The molecule has 0 spiro atoms. The quantitative estimate of drug-likeness (QED) is 0.674. The van der Waals surface area contributed by atoms with Crippen molar-refractivity contribution in [1.82, 2.24) is 10.3 Å². The Morgan fingerprint density at radius 2 is 2.07 bits per heavy atom. The van der Waals surface area contributed by atoms with E-state index < -0.39 is 0 Å². The van der Waals surface area contributed by atoms with Crippen LogP contribution in [0.5, 0.6) is 0 Å². The van der Waals surface area contributed by atoms with Gasteiger partial charge in [0.1, 0.15) is 0 Å². The first-order chi connectivity index (χ1) is 7.00. The van der Waals surface area contributed by atoms with E-state index in [0.717, 1.165) is 11.3 Å². The predicted molar refractivity (Wildman–Crippen MR) is 58.9 cm³/mol. The SMILES string of the molecule is CC(C)(C)c1ccnc2c1NCNC2=O. The molecule has 4 nitrogen and oxygen atoms in total. The Bertz CT molecular complexity index is 407. The summed E-state index contributed by atoms with van der Waals surface area (Å²) in [5, 5.41) is 5.88. The first-order valence-electron chi connectivity index (χ1n) is 5.02. The van der Waals surface area contributed by atoms with E-state index in [-0.39, 0.29) is 11.3 Å². The second kappa shape index (κ2) is 3.22. The lowest BCUT2D eigenvalue weighted by Gasteiger charge is -2.27. The Labute approximate surface area is 89.1 Å². The number of pyridine rings is 1. The molecule has 1 amide bonds. The fraction of sp³-hybridized carbons (Fsp3) is 0.455. The highest BCUT2D eigenvalue weighted by molar-refractivity contribution is 6.00. The lowest BCUT2D eigenvalue weighted by atomic mass is 9.85. The third-order valence-corrected chi connectivity index (χ3v) is 2.49. The molecule has 0 fully saturated rings. The van der Waals surface area contributed by atoms with Gasteiger partial charge in [0, 0.05) is 6.20 Å². The number of hydrogen-bond acceptors (Lipinski definition) is 3. The summed E-state index contributed by atoms with van der Waals surface area (Å²) in [6.45, 7) is 6.84. The second-order valence-electron chi connectivity index (χ2n) is 4.69. The lowest BCUT2D eigenvalue weighted by molar-refractivity contribution is 0.0947. The summed E-state index contributed by atoms with van der Waals surface area (Å²) in [6.07, 6.45) is 1.69. The molecule has 2 rings (SSSR count). The third-order valence-electron chi connectivity index (χ3n) is 2.49. The molecule has 0 radical (unpaired) electrons. The molecule has 0 bridgehead atoms. The van der Waals surface area contributed by atoms with Gasteiger partial charge in [-0.3, -0.25) is 4.79 Å². The normalized spacial score (nSPS) is 15.3. The minimum Gasteiger partial charge on any atom is -0.366 e. The molecule has 0 saturated carbocycles. The third kappa shape index (κ3) is 1.67. The molecule has 80 valence electrons. The predicted octanol–water partition coefficient (Wildman–Crippen LogP) is 1.49. The zero-order valence-electron chi connectivity index (χ0n) is 9.22. The lowest BCUT2D eigenvalue weighted by Crippen LogP contribution is -2.37. The van der Waals surface area contributed by atoms with Gasteiger partial charge in [0.2, 0.25) is 0 Å². The first kappa shape index (κ1) is 9.96. The van der Waals surface area contributed by atoms with E-state index in [9.17, 15) is 4.79 Å². The van der Waals surface area contributed by atoms with Crippen molar-refractivity contribution >= 4 is 11.6 Å². The molecular formula is C11H15N3O. The summed E-state index contributed by atoms with van der Waals surface area (Å²) in [6, 6.07) is 1.96. The number of carbonyl (C=O) groups excluding carboxylic acids is 1. The van der Waals surface area contributed by atoms with Crippen LogP contribution in [0.15, 0.2) is 12.3 Å². The highest BCUT2D eigenvalue weighted by atomic mass is 16.2. The number of aromatic nitrogens is 1. The largest absolute Gasteiger partial charge is 0.366 e. The average Bonchev–Trinajstić information content (AvgIpc) is 2.16. The highest BCUT2D eigenvalue weighted by Crippen LogP contribution is 2.31. The second-order valence-corrected chi connectivity index (χ2v) is 4.69. The molecule has 0 aromatic carbocycles. The Morgan fingerprint density at radius 1 is 1.33 bits per heavy atom. The number of rotatable bonds is 0. The van der Waals surface area contributed by atoms with E-state index in [4.69, 9.17) is 0 Å². The molecule has 0 atom stereocenters. The van der Waals surface area contributed by atoms with E-state index in [0.29, 0.717) is 12.4 Å². The van der Waals surface area contributed by atoms with Crippen LogP contribution in [0.1, 0.15) is 36.8 Å². The molecule has 0 aliphatic carbocycles. The van der Waals surface area contributed by atoms with Gasteiger partial charge in [0.05, 0.1) is 12.4 Å². The van der Waals surface area contributed by atoms with E-state index in [1.807, 2.05) is 6.07 Å². The van der Waals surface area contributed by atoms with Crippen molar-refractivity contribution in [3.05, 3.63) is 23.5 Å². The van der Waals surface area contributed by atoms with Crippen molar-refractivity contribution in [3.63, 3.8) is 0 Å². The Morgan fingerprint density at radius 3 is 2.73 bits per heavy atom. The standard InChI is InChI=1S/C11H15N3O/c1-11(2,3)7-4-5-12-9-8(7)13-6-14-10(9)15/h4-5,13H,6H2,1-3H3,(H,14,15). The number of amides is 1. The molecule has 2 heterocycles. The van der Waals surface area contributed by atoms with Gasteiger partial charge in [0.25, 0.3) is 5.91 Å². The molecule has 1 aromatic rings. The summed E-state index contributed by atoms with van der Waals surface area (Å²) in [7, 11) is 0. The van der Waals surface area contributed by atoms with Crippen molar-refractivity contribution in [2.75, 3.05) is 12.0 Å². The molecule has 1 aromatic heterocycles. The van der Waals surface area contributed by atoms with Gasteiger partial charge in [-0.15, -0.1) is 0 Å². The van der Waals surface area contributed by atoms with Gasteiger partial charge in [-0.25, -0.2) is 4.98 Å². The van der Waals surface area contributed by atoms with Crippen molar-refractivity contribution in [1.29, 1.82) is 0 Å². The topological polar surface area (TPSA) is 54.0 Å². The molecule has 15 heavy (non-hydrogen) atoms. The van der Waals surface area contributed by atoms with Crippen LogP contribution in [0.3, 0.4) is 0 Å². The molecule has 2 N–H and O–H groups in total. The molecule has 0 saturated heterocycles. The summed E-state index contributed by atoms with van der Waals surface area (Å²) in [4.78, 5) is 15.7. The van der Waals surface area contributed by atoms with Crippen LogP contribution in [0, 0.1) is 0 Å². The first-order valence-corrected chi connectivity index (χ1v) is 5.02. The number of nitrogens with zero attached hydrogens (tertiary/aromatic N) is 1. The van der Waals surface area contributed by atoms with E-state index in [2.05, 4.69) is 36.4 Å². The summed E-state index contributed by atoms with van der Waals surface area (Å²) in [5.41, 5.74) is 2.50. The number of anilines is 1.